The zero-order valence-corrected chi connectivity index (χ0v) is 14.0. The fourth-order valence-electron chi connectivity index (χ4n) is 2.01. The van der Waals surface area contributed by atoms with Crippen molar-refractivity contribution in [2.45, 2.75) is 20.8 Å². The Morgan fingerprint density at radius 3 is 2.22 bits per heavy atom. The van der Waals surface area contributed by atoms with Gasteiger partial charge in [0.1, 0.15) is 0 Å². The molecule has 0 heterocycles. The van der Waals surface area contributed by atoms with Gasteiger partial charge in [0, 0.05) is 29.4 Å². The van der Waals surface area contributed by atoms with Crippen LogP contribution in [0.15, 0.2) is 54.6 Å². The molecule has 4 nitrogen and oxygen atoms in total. The minimum atomic E-state index is -0.485. The van der Waals surface area contributed by atoms with E-state index >= 15 is 0 Å². The third kappa shape index (κ3) is 4.19. The van der Waals surface area contributed by atoms with E-state index in [2.05, 4.69) is 5.32 Å². The number of amides is 2. The Labute approximate surface area is 137 Å². The molecule has 0 fully saturated rings. The topological polar surface area (TPSA) is 49.4 Å². The van der Waals surface area contributed by atoms with Gasteiger partial charge in [0.15, 0.2) is 0 Å². The quantitative estimate of drug-likeness (QED) is 0.933. The van der Waals surface area contributed by atoms with Gasteiger partial charge in [-0.05, 0) is 30.3 Å². The van der Waals surface area contributed by atoms with Crippen LogP contribution in [0.2, 0.25) is 0 Å². The summed E-state index contributed by atoms with van der Waals surface area (Å²) in [4.78, 5) is 26.2. The molecule has 2 amide bonds. The molecule has 0 saturated carbocycles. The molecule has 0 atom stereocenters. The standard InChI is InChI=1S/C19H22N2O2/c1-19(2,3)18(23)20-15-10-8-9-14(13-15)17(22)21(4)16-11-6-5-7-12-16/h5-13H,1-4H3,(H,20,23). The molecule has 1 N–H and O–H groups in total. The van der Waals surface area contributed by atoms with Crippen LogP contribution in [0.3, 0.4) is 0 Å². The molecular weight excluding hydrogens is 288 g/mol. The van der Waals surface area contributed by atoms with Crippen molar-refractivity contribution >= 4 is 23.2 Å². The fourth-order valence-corrected chi connectivity index (χ4v) is 2.01. The molecule has 23 heavy (non-hydrogen) atoms. The number of benzene rings is 2. The second-order valence-corrected chi connectivity index (χ2v) is 6.48. The molecule has 120 valence electrons. The number of carbonyl (C=O) groups is 2. The molecule has 0 aliphatic rings. The largest absolute Gasteiger partial charge is 0.326 e. The Bertz CT molecular complexity index is 703. The van der Waals surface area contributed by atoms with E-state index in [1.54, 1.807) is 36.2 Å². The lowest BCUT2D eigenvalue weighted by Crippen LogP contribution is -2.28. The van der Waals surface area contributed by atoms with Gasteiger partial charge in [0.25, 0.3) is 5.91 Å². The van der Waals surface area contributed by atoms with E-state index in [1.165, 1.54) is 0 Å². The highest BCUT2D eigenvalue weighted by atomic mass is 16.2. The smallest absolute Gasteiger partial charge is 0.258 e. The summed E-state index contributed by atoms with van der Waals surface area (Å²) in [6, 6.07) is 16.4. The summed E-state index contributed by atoms with van der Waals surface area (Å²) in [7, 11) is 1.73. The first kappa shape index (κ1) is 16.7. The lowest BCUT2D eigenvalue weighted by molar-refractivity contribution is -0.123. The lowest BCUT2D eigenvalue weighted by atomic mass is 9.95. The normalized spacial score (nSPS) is 11.0. The van der Waals surface area contributed by atoms with Crippen LogP contribution < -0.4 is 10.2 Å². The molecule has 2 aromatic rings. The minimum absolute atomic E-state index is 0.0847. The Morgan fingerprint density at radius 1 is 0.957 bits per heavy atom. The van der Waals surface area contributed by atoms with Crippen molar-refractivity contribution in [3.05, 3.63) is 60.2 Å². The average Bonchev–Trinajstić information content (AvgIpc) is 2.53. The number of nitrogens with one attached hydrogen (secondary N) is 1. The van der Waals surface area contributed by atoms with E-state index in [1.807, 2.05) is 51.1 Å². The summed E-state index contributed by atoms with van der Waals surface area (Å²) < 4.78 is 0. The van der Waals surface area contributed by atoms with Crippen molar-refractivity contribution in [3.63, 3.8) is 0 Å². The van der Waals surface area contributed by atoms with E-state index < -0.39 is 5.41 Å². The third-order valence-electron chi connectivity index (χ3n) is 3.50. The van der Waals surface area contributed by atoms with Crippen LogP contribution in [0.5, 0.6) is 0 Å². The van der Waals surface area contributed by atoms with E-state index in [-0.39, 0.29) is 11.8 Å². The maximum Gasteiger partial charge on any atom is 0.258 e. The maximum absolute atomic E-state index is 12.6. The Morgan fingerprint density at radius 2 is 1.61 bits per heavy atom. The van der Waals surface area contributed by atoms with Crippen molar-refractivity contribution in [2.24, 2.45) is 5.41 Å². The molecule has 0 aliphatic heterocycles. The van der Waals surface area contributed by atoms with Gasteiger partial charge in [-0.25, -0.2) is 0 Å². The van der Waals surface area contributed by atoms with Gasteiger partial charge < -0.3 is 10.2 Å². The van der Waals surface area contributed by atoms with Gasteiger partial charge in [-0.15, -0.1) is 0 Å². The van der Waals surface area contributed by atoms with E-state index in [0.29, 0.717) is 11.3 Å². The molecule has 0 aromatic heterocycles. The van der Waals surface area contributed by atoms with Crippen molar-refractivity contribution in [1.82, 2.24) is 0 Å². The number of nitrogens with zero attached hydrogens (tertiary/aromatic N) is 1. The van der Waals surface area contributed by atoms with Gasteiger partial charge in [0.2, 0.25) is 5.91 Å². The van der Waals surface area contributed by atoms with Gasteiger partial charge in [-0.2, -0.15) is 0 Å². The number of hydrogen-bond donors (Lipinski definition) is 1. The number of carbonyl (C=O) groups excluding carboxylic acids is 2. The fraction of sp³-hybridized carbons (Fsp3) is 0.263. The summed E-state index contributed by atoms with van der Waals surface area (Å²) in [5.41, 5.74) is 1.49. The SMILES string of the molecule is CN(C(=O)c1cccc(NC(=O)C(C)(C)C)c1)c1ccccc1. The monoisotopic (exact) mass is 310 g/mol. The van der Waals surface area contributed by atoms with Gasteiger partial charge >= 0.3 is 0 Å². The molecule has 0 spiro atoms. The summed E-state index contributed by atoms with van der Waals surface area (Å²) in [5, 5.41) is 2.85. The first-order valence-corrected chi connectivity index (χ1v) is 7.53. The van der Waals surface area contributed by atoms with Crippen molar-refractivity contribution < 1.29 is 9.59 Å². The molecule has 2 rings (SSSR count). The highest BCUT2D eigenvalue weighted by Gasteiger charge is 2.21. The third-order valence-corrected chi connectivity index (χ3v) is 3.50. The second-order valence-electron chi connectivity index (χ2n) is 6.48. The average molecular weight is 310 g/mol. The Hall–Kier alpha value is -2.62. The van der Waals surface area contributed by atoms with Crippen molar-refractivity contribution in [3.8, 4) is 0 Å². The molecular formula is C19H22N2O2. The summed E-state index contributed by atoms with van der Waals surface area (Å²) in [6.07, 6.45) is 0. The van der Waals surface area contributed by atoms with Crippen LogP contribution in [-0.4, -0.2) is 18.9 Å². The molecule has 4 heteroatoms. The van der Waals surface area contributed by atoms with E-state index in [0.717, 1.165) is 5.69 Å². The van der Waals surface area contributed by atoms with Gasteiger partial charge in [0.05, 0.1) is 0 Å². The highest BCUT2D eigenvalue weighted by Crippen LogP contribution is 2.20. The van der Waals surface area contributed by atoms with Crippen LogP contribution in [0.4, 0.5) is 11.4 Å². The zero-order chi connectivity index (χ0) is 17.0. The van der Waals surface area contributed by atoms with Crippen LogP contribution in [0, 0.1) is 5.41 Å². The predicted molar refractivity (Wildman–Crippen MR) is 93.7 cm³/mol. The van der Waals surface area contributed by atoms with Crippen LogP contribution in [0.25, 0.3) is 0 Å². The molecule has 2 aromatic carbocycles. The maximum atomic E-state index is 12.6. The lowest BCUT2D eigenvalue weighted by Gasteiger charge is -2.19. The summed E-state index contributed by atoms with van der Waals surface area (Å²) >= 11 is 0. The van der Waals surface area contributed by atoms with Crippen molar-refractivity contribution in [1.29, 1.82) is 0 Å². The molecule has 0 saturated heterocycles. The first-order chi connectivity index (χ1) is 10.8. The van der Waals surface area contributed by atoms with Crippen LogP contribution >= 0.6 is 0 Å². The molecule has 0 unspecified atom stereocenters. The van der Waals surface area contributed by atoms with Crippen LogP contribution in [-0.2, 0) is 4.79 Å². The van der Waals surface area contributed by atoms with Gasteiger partial charge in [-0.3, -0.25) is 9.59 Å². The van der Waals surface area contributed by atoms with E-state index in [4.69, 9.17) is 0 Å². The Kier molecular flexibility index (Phi) is 4.84. The minimum Gasteiger partial charge on any atom is -0.326 e. The summed E-state index contributed by atoms with van der Waals surface area (Å²) in [6.45, 7) is 5.54. The number of hydrogen-bond acceptors (Lipinski definition) is 2. The van der Waals surface area contributed by atoms with Gasteiger partial charge in [-0.1, -0.05) is 45.0 Å². The second kappa shape index (κ2) is 6.65. The molecule has 0 aliphatic carbocycles. The number of anilines is 2. The zero-order valence-electron chi connectivity index (χ0n) is 14.0. The predicted octanol–water partition coefficient (Wildman–Crippen LogP) is 3.95. The molecule has 0 radical (unpaired) electrons. The summed E-state index contributed by atoms with van der Waals surface area (Å²) in [5.74, 6) is -0.207. The highest BCUT2D eigenvalue weighted by molar-refractivity contribution is 6.06. The van der Waals surface area contributed by atoms with Crippen LogP contribution in [0.1, 0.15) is 31.1 Å². The molecule has 0 bridgehead atoms. The van der Waals surface area contributed by atoms with Crippen molar-refractivity contribution in [2.75, 3.05) is 17.3 Å². The van der Waals surface area contributed by atoms with E-state index in [9.17, 15) is 9.59 Å². The number of rotatable bonds is 3. The Balaban J connectivity index is 2.19. The first-order valence-electron chi connectivity index (χ1n) is 7.53. The number of para-hydroxylation sites is 1.